The molecule has 0 radical (unpaired) electrons. The van der Waals surface area contributed by atoms with Crippen molar-refractivity contribution in [2.24, 2.45) is 0 Å². The van der Waals surface area contributed by atoms with Gasteiger partial charge < -0.3 is 14.2 Å². The second-order valence-corrected chi connectivity index (χ2v) is 19.9. The van der Waals surface area contributed by atoms with Crippen LogP contribution in [0.5, 0.6) is 0 Å². The summed E-state index contributed by atoms with van der Waals surface area (Å²) in [5.74, 6) is -0.855. The van der Waals surface area contributed by atoms with Crippen molar-refractivity contribution < 1.29 is 28.6 Å². The fourth-order valence-corrected chi connectivity index (χ4v) is 8.67. The van der Waals surface area contributed by atoms with Crippen LogP contribution in [0.4, 0.5) is 0 Å². The van der Waals surface area contributed by atoms with Gasteiger partial charge >= 0.3 is 17.9 Å². The first kappa shape index (κ1) is 65.4. The Labute approximate surface area is 422 Å². The lowest BCUT2D eigenvalue weighted by Crippen LogP contribution is -2.30. The van der Waals surface area contributed by atoms with E-state index < -0.39 is 6.10 Å². The Hall–Kier alpha value is -2.63. The molecule has 6 heteroatoms. The highest BCUT2D eigenvalue weighted by Crippen LogP contribution is 2.17. The Morgan fingerprint density at radius 1 is 0.309 bits per heavy atom. The van der Waals surface area contributed by atoms with E-state index >= 15 is 0 Å². The summed E-state index contributed by atoms with van der Waals surface area (Å²) in [5, 5.41) is 0. The Morgan fingerprint density at radius 3 is 0.897 bits per heavy atom. The maximum atomic E-state index is 12.8. The average Bonchev–Trinajstić information content (AvgIpc) is 3.34. The van der Waals surface area contributed by atoms with E-state index in [0.717, 1.165) is 83.5 Å². The number of allylic oxidation sites excluding steroid dienone is 8. The van der Waals surface area contributed by atoms with Crippen LogP contribution in [0.15, 0.2) is 48.6 Å². The van der Waals surface area contributed by atoms with Crippen LogP contribution in [0.2, 0.25) is 0 Å². The van der Waals surface area contributed by atoms with Crippen molar-refractivity contribution in [3.63, 3.8) is 0 Å². The van der Waals surface area contributed by atoms with Gasteiger partial charge in [0.25, 0.3) is 0 Å². The lowest BCUT2D eigenvalue weighted by molar-refractivity contribution is -0.167. The second-order valence-electron chi connectivity index (χ2n) is 19.9. The molecule has 0 aliphatic heterocycles. The molecular formula is C62H112O6. The molecule has 0 heterocycles. The van der Waals surface area contributed by atoms with Crippen LogP contribution in [0.3, 0.4) is 0 Å². The van der Waals surface area contributed by atoms with E-state index in [1.165, 1.54) is 186 Å². The normalized spacial score (nSPS) is 12.3. The first-order chi connectivity index (χ1) is 33.5. The smallest absolute Gasteiger partial charge is 0.306 e. The maximum absolute atomic E-state index is 12.8. The third kappa shape index (κ3) is 54.3. The van der Waals surface area contributed by atoms with Gasteiger partial charge in [-0.15, -0.1) is 0 Å². The molecule has 0 spiro atoms. The molecule has 6 nitrogen and oxygen atoms in total. The van der Waals surface area contributed by atoms with E-state index in [4.69, 9.17) is 14.2 Å². The van der Waals surface area contributed by atoms with Crippen molar-refractivity contribution in [1.82, 2.24) is 0 Å². The number of unbranched alkanes of at least 4 members (excludes halogenated alkanes) is 35. The molecule has 0 aromatic heterocycles. The molecule has 0 bridgehead atoms. The summed E-state index contributed by atoms with van der Waals surface area (Å²) in [6.07, 6.45) is 69.6. The summed E-state index contributed by atoms with van der Waals surface area (Å²) in [6, 6.07) is 0. The van der Waals surface area contributed by atoms with Crippen molar-refractivity contribution in [2.75, 3.05) is 13.2 Å². The SMILES string of the molecule is CC/C=C\C/C=C\C/C=C\C/C=C\CCCCCCCCCCCCC(=O)OCC(COC(=O)CCCCCCCCCCCCCCC)OC(=O)CCCCCCCCCCCCCCCC. The topological polar surface area (TPSA) is 78.9 Å². The fourth-order valence-electron chi connectivity index (χ4n) is 8.67. The highest BCUT2D eigenvalue weighted by atomic mass is 16.6. The molecule has 0 fully saturated rings. The van der Waals surface area contributed by atoms with Crippen LogP contribution in [0.25, 0.3) is 0 Å². The van der Waals surface area contributed by atoms with Gasteiger partial charge in [-0.2, -0.15) is 0 Å². The molecule has 1 atom stereocenters. The van der Waals surface area contributed by atoms with Gasteiger partial charge in [-0.1, -0.05) is 281 Å². The van der Waals surface area contributed by atoms with E-state index in [9.17, 15) is 14.4 Å². The molecule has 396 valence electrons. The summed E-state index contributed by atoms with van der Waals surface area (Å²) in [5.41, 5.74) is 0. The van der Waals surface area contributed by atoms with Crippen LogP contribution in [0, 0.1) is 0 Å². The van der Waals surface area contributed by atoms with Crippen molar-refractivity contribution in [3.05, 3.63) is 48.6 Å². The van der Waals surface area contributed by atoms with E-state index in [1.807, 2.05) is 0 Å². The maximum Gasteiger partial charge on any atom is 0.306 e. The number of carbonyl (C=O) groups excluding carboxylic acids is 3. The quantitative estimate of drug-likeness (QED) is 0.0262. The highest BCUT2D eigenvalue weighted by molar-refractivity contribution is 5.71. The Morgan fingerprint density at radius 2 is 0.574 bits per heavy atom. The Kier molecular flexibility index (Phi) is 54.8. The largest absolute Gasteiger partial charge is 0.462 e. The molecule has 0 aromatic carbocycles. The molecule has 0 saturated carbocycles. The number of esters is 3. The standard InChI is InChI=1S/C62H112O6/c1-4-7-10-13-16-19-22-25-27-28-29-30-31-32-33-34-35-38-40-43-46-49-52-55-61(64)67-58-59(57-66-60(63)54-51-48-45-42-39-36-24-21-18-15-12-9-6-3)68-62(65)56-53-50-47-44-41-37-26-23-20-17-14-11-8-5-2/h7,10,16,19,25,27,29-30,59H,4-6,8-9,11-15,17-18,20-24,26,28,31-58H2,1-3H3/b10-7-,19-16-,27-25-,30-29-. The zero-order valence-electron chi connectivity index (χ0n) is 45.4. The van der Waals surface area contributed by atoms with E-state index in [2.05, 4.69) is 69.4 Å². The van der Waals surface area contributed by atoms with Gasteiger partial charge in [0.05, 0.1) is 0 Å². The van der Waals surface area contributed by atoms with Gasteiger partial charge in [-0.25, -0.2) is 0 Å². The first-order valence-corrected chi connectivity index (χ1v) is 29.6. The van der Waals surface area contributed by atoms with Crippen molar-refractivity contribution in [2.45, 2.75) is 316 Å². The molecule has 1 unspecified atom stereocenters. The predicted octanol–water partition coefficient (Wildman–Crippen LogP) is 19.8. The highest BCUT2D eigenvalue weighted by Gasteiger charge is 2.19. The monoisotopic (exact) mass is 953 g/mol. The predicted molar refractivity (Wildman–Crippen MR) is 293 cm³/mol. The summed E-state index contributed by atoms with van der Waals surface area (Å²) < 4.78 is 16.9. The molecule has 0 saturated heterocycles. The number of ether oxygens (including phenoxy) is 3. The third-order valence-corrected chi connectivity index (χ3v) is 13.1. The van der Waals surface area contributed by atoms with Gasteiger partial charge in [0.15, 0.2) is 6.10 Å². The third-order valence-electron chi connectivity index (χ3n) is 13.1. The van der Waals surface area contributed by atoms with Crippen LogP contribution in [-0.4, -0.2) is 37.2 Å². The van der Waals surface area contributed by atoms with Crippen molar-refractivity contribution >= 4 is 17.9 Å². The van der Waals surface area contributed by atoms with Crippen LogP contribution < -0.4 is 0 Å². The van der Waals surface area contributed by atoms with Gasteiger partial charge in [-0.3, -0.25) is 14.4 Å². The van der Waals surface area contributed by atoms with E-state index in [1.54, 1.807) is 0 Å². The molecule has 0 aliphatic carbocycles. The minimum Gasteiger partial charge on any atom is -0.462 e. The molecule has 0 rings (SSSR count). The molecule has 0 aliphatic rings. The van der Waals surface area contributed by atoms with Gasteiger partial charge in [-0.05, 0) is 57.8 Å². The van der Waals surface area contributed by atoms with Crippen LogP contribution in [0.1, 0.15) is 310 Å². The average molecular weight is 954 g/mol. The van der Waals surface area contributed by atoms with Crippen LogP contribution >= 0.6 is 0 Å². The lowest BCUT2D eigenvalue weighted by Gasteiger charge is -2.18. The second kappa shape index (κ2) is 57.0. The summed E-state index contributed by atoms with van der Waals surface area (Å²) in [6.45, 7) is 6.56. The van der Waals surface area contributed by atoms with Gasteiger partial charge in [0, 0.05) is 19.3 Å². The molecule has 0 N–H and O–H groups in total. The summed E-state index contributed by atoms with van der Waals surface area (Å²) >= 11 is 0. The number of carbonyl (C=O) groups is 3. The van der Waals surface area contributed by atoms with E-state index in [0.29, 0.717) is 19.3 Å². The molecule has 68 heavy (non-hydrogen) atoms. The fraction of sp³-hybridized carbons (Fsp3) is 0.823. The summed E-state index contributed by atoms with van der Waals surface area (Å²) in [7, 11) is 0. The molecule has 0 aromatic rings. The van der Waals surface area contributed by atoms with Crippen molar-refractivity contribution in [1.29, 1.82) is 0 Å². The first-order valence-electron chi connectivity index (χ1n) is 29.6. The number of rotatable bonds is 54. The minimum atomic E-state index is -0.770. The zero-order valence-corrected chi connectivity index (χ0v) is 45.4. The lowest BCUT2D eigenvalue weighted by atomic mass is 10.0. The number of hydrogen-bond acceptors (Lipinski definition) is 6. The number of hydrogen-bond donors (Lipinski definition) is 0. The van der Waals surface area contributed by atoms with Gasteiger partial charge in [0.2, 0.25) is 0 Å². The molecular weight excluding hydrogens is 841 g/mol. The van der Waals surface area contributed by atoms with Crippen LogP contribution in [-0.2, 0) is 28.6 Å². The Bertz CT molecular complexity index is 1190. The van der Waals surface area contributed by atoms with E-state index in [-0.39, 0.29) is 31.1 Å². The minimum absolute atomic E-state index is 0.0691. The summed E-state index contributed by atoms with van der Waals surface area (Å²) in [4.78, 5) is 38.2. The van der Waals surface area contributed by atoms with Crippen molar-refractivity contribution in [3.8, 4) is 0 Å². The Balaban J connectivity index is 4.28. The molecule has 0 amide bonds. The zero-order chi connectivity index (χ0) is 49.3. The van der Waals surface area contributed by atoms with Gasteiger partial charge in [0.1, 0.15) is 13.2 Å².